The van der Waals surface area contributed by atoms with Crippen LogP contribution in [0.15, 0.2) is 18.2 Å². The predicted octanol–water partition coefficient (Wildman–Crippen LogP) is 3.34. The third-order valence-corrected chi connectivity index (χ3v) is 6.69. The molecule has 158 valence electrons. The van der Waals surface area contributed by atoms with Crippen LogP contribution in [0.25, 0.3) is 0 Å². The minimum Gasteiger partial charge on any atom is -0.371 e. The lowest BCUT2D eigenvalue weighted by atomic mass is 10.00. The molecule has 1 aromatic carbocycles. The van der Waals surface area contributed by atoms with Crippen molar-refractivity contribution in [3.05, 3.63) is 23.8 Å². The molecule has 0 aliphatic carbocycles. The molecular formula is C23H34N4O2. The van der Waals surface area contributed by atoms with Crippen LogP contribution in [-0.4, -0.2) is 67.4 Å². The number of piperidine rings is 1. The van der Waals surface area contributed by atoms with Crippen molar-refractivity contribution in [1.29, 1.82) is 0 Å². The summed E-state index contributed by atoms with van der Waals surface area (Å²) in [4.78, 5) is 32.4. The molecule has 1 aromatic rings. The number of carbonyl (C=O) groups is 2. The molecule has 1 atom stereocenters. The van der Waals surface area contributed by atoms with Crippen LogP contribution in [0.5, 0.6) is 0 Å². The Morgan fingerprint density at radius 2 is 1.66 bits per heavy atom. The third-order valence-electron chi connectivity index (χ3n) is 6.69. The van der Waals surface area contributed by atoms with Gasteiger partial charge in [0.2, 0.25) is 5.91 Å². The van der Waals surface area contributed by atoms with E-state index in [1.807, 2.05) is 23.1 Å². The summed E-state index contributed by atoms with van der Waals surface area (Å²) in [7, 11) is 2.11. The molecular weight excluding hydrogens is 364 g/mol. The predicted molar refractivity (Wildman–Crippen MR) is 117 cm³/mol. The van der Waals surface area contributed by atoms with Gasteiger partial charge in [-0.2, -0.15) is 0 Å². The monoisotopic (exact) mass is 398 g/mol. The number of anilines is 2. The first-order valence-electron chi connectivity index (χ1n) is 11.3. The van der Waals surface area contributed by atoms with Crippen molar-refractivity contribution in [2.45, 2.75) is 57.4 Å². The highest BCUT2D eigenvalue weighted by atomic mass is 16.2. The molecule has 2 amide bonds. The molecule has 4 rings (SSSR count). The molecule has 3 fully saturated rings. The van der Waals surface area contributed by atoms with Crippen LogP contribution in [0.4, 0.5) is 11.4 Å². The Morgan fingerprint density at radius 3 is 2.38 bits per heavy atom. The van der Waals surface area contributed by atoms with Crippen LogP contribution in [0.2, 0.25) is 0 Å². The molecule has 0 radical (unpaired) electrons. The van der Waals surface area contributed by atoms with E-state index in [1.165, 1.54) is 25.7 Å². The number of benzene rings is 1. The van der Waals surface area contributed by atoms with Crippen molar-refractivity contribution in [1.82, 2.24) is 9.80 Å². The SMILES string of the molecule is CN1CCCC[C@H]1CC(=O)Nc1ccc(N2CCCC2)c(C(=O)N2CCCC2)c1. The fraction of sp³-hybridized carbons (Fsp3) is 0.652. The molecule has 0 spiro atoms. The molecule has 6 heteroatoms. The number of amides is 2. The summed E-state index contributed by atoms with van der Waals surface area (Å²) in [6.45, 7) is 4.74. The number of nitrogens with one attached hydrogen (secondary N) is 1. The first-order valence-corrected chi connectivity index (χ1v) is 11.3. The van der Waals surface area contributed by atoms with Gasteiger partial charge < -0.3 is 20.0 Å². The summed E-state index contributed by atoms with van der Waals surface area (Å²) >= 11 is 0. The van der Waals surface area contributed by atoms with E-state index in [2.05, 4.69) is 22.2 Å². The molecule has 3 saturated heterocycles. The minimum absolute atomic E-state index is 0.0391. The van der Waals surface area contributed by atoms with Gasteiger partial charge in [0.25, 0.3) is 5.91 Å². The molecule has 0 aromatic heterocycles. The third kappa shape index (κ3) is 4.74. The fourth-order valence-corrected chi connectivity index (χ4v) is 4.94. The van der Waals surface area contributed by atoms with Crippen LogP contribution in [0, 0.1) is 0 Å². The second-order valence-corrected chi connectivity index (χ2v) is 8.81. The van der Waals surface area contributed by atoms with E-state index in [0.717, 1.165) is 68.9 Å². The van der Waals surface area contributed by atoms with Gasteiger partial charge in [0.05, 0.1) is 5.56 Å². The van der Waals surface area contributed by atoms with Crippen LogP contribution in [0.1, 0.15) is 61.7 Å². The second kappa shape index (κ2) is 9.16. The zero-order valence-electron chi connectivity index (χ0n) is 17.7. The molecule has 3 heterocycles. The highest BCUT2D eigenvalue weighted by Gasteiger charge is 2.26. The van der Waals surface area contributed by atoms with Crippen LogP contribution < -0.4 is 10.2 Å². The van der Waals surface area contributed by atoms with Gasteiger partial charge in [0.1, 0.15) is 0 Å². The smallest absolute Gasteiger partial charge is 0.256 e. The molecule has 29 heavy (non-hydrogen) atoms. The second-order valence-electron chi connectivity index (χ2n) is 8.81. The Morgan fingerprint density at radius 1 is 0.966 bits per heavy atom. The zero-order valence-corrected chi connectivity index (χ0v) is 17.7. The van der Waals surface area contributed by atoms with Crippen LogP contribution in [0.3, 0.4) is 0 Å². The first kappa shape index (κ1) is 20.2. The maximum absolute atomic E-state index is 13.2. The van der Waals surface area contributed by atoms with Gasteiger partial charge in [-0.05, 0) is 70.3 Å². The number of hydrogen-bond acceptors (Lipinski definition) is 4. The van der Waals surface area contributed by atoms with Gasteiger partial charge >= 0.3 is 0 Å². The number of carbonyl (C=O) groups excluding carboxylic acids is 2. The topological polar surface area (TPSA) is 55.9 Å². The number of nitrogens with zero attached hydrogens (tertiary/aromatic N) is 3. The Labute approximate surface area is 174 Å². The quantitative estimate of drug-likeness (QED) is 0.827. The molecule has 3 aliphatic heterocycles. The van der Waals surface area contributed by atoms with Crippen LogP contribution >= 0.6 is 0 Å². The lowest BCUT2D eigenvalue weighted by Crippen LogP contribution is -2.38. The summed E-state index contributed by atoms with van der Waals surface area (Å²) < 4.78 is 0. The highest BCUT2D eigenvalue weighted by Crippen LogP contribution is 2.30. The Balaban J connectivity index is 1.50. The van der Waals surface area contributed by atoms with E-state index in [1.54, 1.807) is 0 Å². The fourth-order valence-electron chi connectivity index (χ4n) is 4.94. The van der Waals surface area contributed by atoms with Crippen molar-refractivity contribution >= 4 is 23.2 Å². The van der Waals surface area contributed by atoms with Gasteiger partial charge in [0.15, 0.2) is 0 Å². The summed E-state index contributed by atoms with van der Waals surface area (Å²) in [5.41, 5.74) is 2.49. The molecule has 0 saturated carbocycles. The van der Waals surface area contributed by atoms with Crippen molar-refractivity contribution in [2.24, 2.45) is 0 Å². The molecule has 3 aliphatic rings. The molecule has 0 bridgehead atoms. The van der Waals surface area contributed by atoms with Crippen molar-refractivity contribution in [2.75, 3.05) is 50.0 Å². The Hall–Kier alpha value is -2.08. The van der Waals surface area contributed by atoms with E-state index in [0.29, 0.717) is 12.5 Å². The van der Waals surface area contributed by atoms with Crippen LogP contribution in [-0.2, 0) is 4.79 Å². The summed E-state index contributed by atoms with van der Waals surface area (Å²) in [6, 6.07) is 6.20. The standard InChI is InChI=1S/C23H34N4O2/c1-25-11-3-2-8-19(25)17-22(28)24-18-9-10-21(26-12-4-5-13-26)20(16-18)23(29)27-14-6-7-15-27/h9-10,16,19H,2-8,11-15,17H2,1H3,(H,24,28)/t19-/m0/s1. The Kier molecular flexibility index (Phi) is 6.38. The Bertz CT molecular complexity index is 738. The lowest BCUT2D eigenvalue weighted by molar-refractivity contribution is -0.117. The average Bonchev–Trinajstić information content (AvgIpc) is 3.43. The lowest BCUT2D eigenvalue weighted by Gasteiger charge is -2.32. The number of likely N-dealkylation sites (tertiary alicyclic amines) is 2. The number of rotatable bonds is 5. The summed E-state index contributed by atoms with van der Waals surface area (Å²) in [5, 5.41) is 3.06. The number of hydrogen-bond donors (Lipinski definition) is 1. The van der Waals surface area contributed by atoms with Gasteiger partial charge in [0, 0.05) is 50.0 Å². The van der Waals surface area contributed by atoms with Crippen molar-refractivity contribution < 1.29 is 9.59 Å². The zero-order chi connectivity index (χ0) is 20.2. The van der Waals surface area contributed by atoms with Gasteiger partial charge in [-0.1, -0.05) is 6.42 Å². The first-order chi connectivity index (χ1) is 14.1. The highest BCUT2D eigenvalue weighted by molar-refractivity contribution is 6.02. The minimum atomic E-state index is 0.0391. The van der Waals surface area contributed by atoms with E-state index in [4.69, 9.17) is 0 Å². The van der Waals surface area contributed by atoms with E-state index in [9.17, 15) is 9.59 Å². The van der Waals surface area contributed by atoms with E-state index in [-0.39, 0.29) is 11.8 Å². The van der Waals surface area contributed by atoms with Gasteiger partial charge in [-0.25, -0.2) is 0 Å². The van der Waals surface area contributed by atoms with Crippen molar-refractivity contribution in [3.8, 4) is 0 Å². The molecule has 0 unspecified atom stereocenters. The maximum atomic E-state index is 13.2. The maximum Gasteiger partial charge on any atom is 0.256 e. The largest absolute Gasteiger partial charge is 0.371 e. The van der Waals surface area contributed by atoms with Gasteiger partial charge in [-0.3, -0.25) is 9.59 Å². The van der Waals surface area contributed by atoms with Crippen molar-refractivity contribution in [3.63, 3.8) is 0 Å². The van der Waals surface area contributed by atoms with E-state index < -0.39 is 0 Å². The summed E-state index contributed by atoms with van der Waals surface area (Å²) in [5.74, 6) is 0.143. The average molecular weight is 399 g/mol. The van der Waals surface area contributed by atoms with E-state index >= 15 is 0 Å². The molecule has 6 nitrogen and oxygen atoms in total. The molecule has 1 N–H and O–H groups in total. The normalized spacial score (nSPS) is 22.9. The van der Waals surface area contributed by atoms with Gasteiger partial charge in [-0.15, -0.1) is 0 Å². The summed E-state index contributed by atoms with van der Waals surface area (Å²) in [6.07, 6.45) is 8.51.